The number of ether oxygens (including phenoxy) is 1. The van der Waals surface area contributed by atoms with Crippen molar-refractivity contribution in [2.75, 3.05) is 6.54 Å². The van der Waals surface area contributed by atoms with E-state index in [1.54, 1.807) is 0 Å². The fourth-order valence-corrected chi connectivity index (χ4v) is 3.82. The van der Waals surface area contributed by atoms with Gasteiger partial charge in [0.1, 0.15) is 5.60 Å². The third-order valence-corrected chi connectivity index (χ3v) is 4.90. The lowest BCUT2D eigenvalue weighted by atomic mass is 9.82. The highest BCUT2D eigenvalue weighted by Gasteiger charge is 2.36. The monoisotopic (exact) mass is 339 g/mol. The summed E-state index contributed by atoms with van der Waals surface area (Å²) >= 11 is 0. The molecule has 0 aromatic heterocycles. The molecule has 1 aromatic carbocycles. The molecule has 1 heterocycles. The number of aryl methyl sites for hydroxylation is 1. The number of benzene rings is 1. The molecule has 1 aliphatic heterocycles. The van der Waals surface area contributed by atoms with Gasteiger partial charge in [-0.15, -0.1) is 0 Å². The van der Waals surface area contributed by atoms with Crippen LogP contribution in [0.15, 0.2) is 42.0 Å². The molecule has 1 aliphatic carbocycles. The molecular formula is C22H29NO2. The van der Waals surface area contributed by atoms with Crippen LogP contribution in [0.4, 0.5) is 4.79 Å². The molecule has 0 spiro atoms. The normalized spacial score (nSPS) is 20.1. The first-order chi connectivity index (χ1) is 11.9. The number of fused-ring (bicyclic) bond motifs is 1. The van der Waals surface area contributed by atoms with E-state index in [2.05, 4.69) is 43.4 Å². The third-order valence-electron chi connectivity index (χ3n) is 4.90. The zero-order chi connectivity index (χ0) is 18.0. The summed E-state index contributed by atoms with van der Waals surface area (Å²) in [5, 5.41) is 0. The van der Waals surface area contributed by atoms with Crippen molar-refractivity contribution in [3.05, 3.63) is 58.7 Å². The molecule has 2 aliphatic rings. The Kier molecular flexibility index (Phi) is 5.03. The fourth-order valence-electron chi connectivity index (χ4n) is 3.82. The average molecular weight is 339 g/mol. The van der Waals surface area contributed by atoms with E-state index in [-0.39, 0.29) is 12.1 Å². The molecule has 3 nitrogen and oxygen atoms in total. The largest absolute Gasteiger partial charge is 0.444 e. The first kappa shape index (κ1) is 17.8. The Morgan fingerprint density at radius 2 is 2.08 bits per heavy atom. The van der Waals surface area contributed by atoms with Gasteiger partial charge in [0.2, 0.25) is 0 Å². The maximum absolute atomic E-state index is 12.9. The van der Waals surface area contributed by atoms with Crippen molar-refractivity contribution in [3.8, 4) is 0 Å². The quantitative estimate of drug-likeness (QED) is 0.726. The van der Waals surface area contributed by atoms with E-state index < -0.39 is 5.60 Å². The second-order valence-electron chi connectivity index (χ2n) is 7.88. The van der Waals surface area contributed by atoms with E-state index in [9.17, 15) is 4.79 Å². The maximum atomic E-state index is 12.9. The number of hydrogen-bond acceptors (Lipinski definition) is 2. The van der Waals surface area contributed by atoms with Crippen LogP contribution in [0.3, 0.4) is 0 Å². The minimum atomic E-state index is -0.479. The molecule has 0 N–H and O–H groups in total. The van der Waals surface area contributed by atoms with Gasteiger partial charge in [-0.1, -0.05) is 43.4 Å². The van der Waals surface area contributed by atoms with Crippen LogP contribution in [-0.4, -0.2) is 23.1 Å². The second-order valence-corrected chi connectivity index (χ2v) is 7.88. The molecule has 1 atom stereocenters. The lowest BCUT2D eigenvalue weighted by molar-refractivity contribution is 0.0171. The Morgan fingerprint density at radius 3 is 2.72 bits per heavy atom. The van der Waals surface area contributed by atoms with Crippen LogP contribution >= 0.6 is 0 Å². The number of rotatable bonds is 2. The van der Waals surface area contributed by atoms with Crippen LogP contribution in [0.5, 0.6) is 0 Å². The molecule has 3 rings (SSSR count). The zero-order valence-electron chi connectivity index (χ0n) is 15.8. The third kappa shape index (κ3) is 3.81. The number of amides is 1. The minimum Gasteiger partial charge on any atom is -0.444 e. The number of allylic oxidation sites excluding steroid dienone is 3. The Morgan fingerprint density at radius 1 is 1.28 bits per heavy atom. The summed E-state index contributed by atoms with van der Waals surface area (Å²) in [7, 11) is 0. The lowest BCUT2D eigenvalue weighted by Crippen LogP contribution is -2.44. The Labute approximate surface area is 151 Å². The molecule has 0 fully saturated rings. The molecule has 0 saturated heterocycles. The van der Waals surface area contributed by atoms with E-state index in [0.29, 0.717) is 6.54 Å². The zero-order valence-corrected chi connectivity index (χ0v) is 15.8. The van der Waals surface area contributed by atoms with Crippen molar-refractivity contribution >= 4 is 6.09 Å². The van der Waals surface area contributed by atoms with E-state index in [1.165, 1.54) is 22.3 Å². The van der Waals surface area contributed by atoms with Crippen LogP contribution in [0, 0.1) is 0 Å². The summed E-state index contributed by atoms with van der Waals surface area (Å²) in [6.07, 6.45) is 10.2. The number of carbonyl (C=O) groups is 1. The summed E-state index contributed by atoms with van der Waals surface area (Å²) in [6.45, 7) is 8.68. The Hall–Kier alpha value is -2.03. The van der Waals surface area contributed by atoms with Crippen LogP contribution in [0.25, 0.3) is 0 Å². The summed E-state index contributed by atoms with van der Waals surface area (Å²) < 4.78 is 5.73. The number of hydrogen-bond donors (Lipinski definition) is 0. The predicted molar refractivity (Wildman–Crippen MR) is 102 cm³/mol. The average Bonchev–Trinajstić information content (AvgIpc) is 2.59. The standard InChI is InChI=1S/C22H29NO2/c1-5-16-12-9-13-17-14-15-23(21(24)25-22(2,3)4)20(19(16)17)18-10-7-6-8-11-18/h6-7,9-10,12-13,20H,5,8,11,14-15H2,1-4H3. The maximum Gasteiger partial charge on any atom is 0.411 e. The van der Waals surface area contributed by atoms with E-state index in [0.717, 1.165) is 25.7 Å². The van der Waals surface area contributed by atoms with Gasteiger partial charge in [-0.2, -0.15) is 0 Å². The summed E-state index contributed by atoms with van der Waals surface area (Å²) in [5.41, 5.74) is 4.87. The highest BCUT2D eigenvalue weighted by atomic mass is 16.6. The summed E-state index contributed by atoms with van der Waals surface area (Å²) in [5.74, 6) is 0. The van der Waals surface area contributed by atoms with Gasteiger partial charge >= 0.3 is 6.09 Å². The molecule has 134 valence electrons. The fraction of sp³-hybridized carbons (Fsp3) is 0.500. The van der Waals surface area contributed by atoms with Crippen LogP contribution in [-0.2, 0) is 17.6 Å². The van der Waals surface area contributed by atoms with Gasteiger partial charge in [0.15, 0.2) is 0 Å². The van der Waals surface area contributed by atoms with Crippen LogP contribution in [0.1, 0.15) is 63.3 Å². The minimum absolute atomic E-state index is 0.000278. The van der Waals surface area contributed by atoms with Gasteiger partial charge in [0.05, 0.1) is 6.04 Å². The lowest BCUT2D eigenvalue weighted by Gasteiger charge is -2.40. The topological polar surface area (TPSA) is 29.5 Å². The molecule has 3 heteroatoms. The molecule has 1 unspecified atom stereocenters. The van der Waals surface area contributed by atoms with Gasteiger partial charge in [-0.05, 0) is 68.7 Å². The molecule has 0 saturated carbocycles. The van der Waals surface area contributed by atoms with E-state index in [4.69, 9.17) is 4.74 Å². The van der Waals surface area contributed by atoms with Gasteiger partial charge < -0.3 is 4.74 Å². The summed E-state index contributed by atoms with van der Waals surface area (Å²) in [6, 6.07) is 6.56. The van der Waals surface area contributed by atoms with Crippen molar-refractivity contribution in [2.24, 2.45) is 0 Å². The van der Waals surface area contributed by atoms with Crippen molar-refractivity contribution in [3.63, 3.8) is 0 Å². The highest BCUT2D eigenvalue weighted by molar-refractivity contribution is 5.71. The van der Waals surface area contributed by atoms with Gasteiger partial charge in [0, 0.05) is 6.54 Å². The molecule has 1 amide bonds. The second kappa shape index (κ2) is 7.07. The predicted octanol–water partition coefficient (Wildman–Crippen LogP) is 5.36. The molecule has 0 bridgehead atoms. The Balaban J connectivity index is 2.05. The molecule has 0 radical (unpaired) electrons. The number of nitrogens with zero attached hydrogens (tertiary/aromatic N) is 1. The first-order valence-electron chi connectivity index (χ1n) is 9.36. The first-order valence-corrected chi connectivity index (χ1v) is 9.36. The Bertz CT molecular complexity index is 695. The number of carbonyl (C=O) groups excluding carboxylic acids is 1. The molecular weight excluding hydrogens is 310 g/mol. The summed E-state index contributed by atoms with van der Waals surface area (Å²) in [4.78, 5) is 14.9. The van der Waals surface area contributed by atoms with Crippen LogP contribution < -0.4 is 0 Å². The SMILES string of the molecule is CCc1cccc2c1C(C1=CC=CCC1)N(C(=O)OC(C)(C)C)CC2. The van der Waals surface area contributed by atoms with Crippen LogP contribution in [0.2, 0.25) is 0 Å². The van der Waals surface area contributed by atoms with E-state index >= 15 is 0 Å². The smallest absolute Gasteiger partial charge is 0.411 e. The highest BCUT2D eigenvalue weighted by Crippen LogP contribution is 2.40. The van der Waals surface area contributed by atoms with Crippen molar-refractivity contribution in [1.82, 2.24) is 4.90 Å². The van der Waals surface area contributed by atoms with Crippen molar-refractivity contribution in [1.29, 1.82) is 0 Å². The van der Waals surface area contributed by atoms with Gasteiger partial charge in [-0.3, -0.25) is 4.90 Å². The molecule has 25 heavy (non-hydrogen) atoms. The van der Waals surface area contributed by atoms with Crippen molar-refractivity contribution in [2.45, 2.75) is 65.0 Å². The van der Waals surface area contributed by atoms with Crippen molar-refractivity contribution < 1.29 is 9.53 Å². The van der Waals surface area contributed by atoms with E-state index in [1.807, 2.05) is 25.7 Å². The molecule has 1 aromatic rings. The van der Waals surface area contributed by atoms with Gasteiger partial charge in [-0.25, -0.2) is 4.79 Å². The van der Waals surface area contributed by atoms with Gasteiger partial charge in [0.25, 0.3) is 0 Å².